The van der Waals surface area contributed by atoms with Crippen LogP contribution in [0.4, 0.5) is 5.82 Å². The number of nitrogens with zero attached hydrogens (tertiary/aromatic N) is 2. The van der Waals surface area contributed by atoms with Crippen LogP contribution in [0.1, 0.15) is 61.1 Å². The number of anilines is 1. The Morgan fingerprint density at radius 1 is 1.32 bits per heavy atom. The van der Waals surface area contributed by atoms with Crippen LogP contribution in [0.25, 0.3) is 0 Å². The highest BCUT2D eigenvalue weighted by atomic mass is 16.4. The fourth-order valence-electron chi connectivity index (χ4n) is 1.98. The zero-order chi connectivity index (χ0) is 14.4. The van der Waals surface area contributed by atoms with E-state index in [1.54, 1.807) is 13.8 Å². The molecule has 0 aliphatic carbocycles. The Morgan fingerprint density at radius 2 is 2.00 bits per heavy atom. The molecule has 0 amide bonds. The standard InChI is InChI=1S/C14H23N3O2/c1-5-6-7-8-9(2)15-13-12(14(18)19)10(3)11(4)16-17-13/h9H,5-8H2,1-4H3,(H,15,17)(H,18,19). The number of hydrogen-bond acceptors (Lipinski definition) is 4. The highest BCUT2D eigenvalue weighted by Crippen LogP contribution is 2.20. The maximum atomic E-state index is 11.3. The normalized spacial score (nSPS) is 12.2. The number of nitrogens with one attached hydrogen (secondary N) is 1. The summed E-state index contributed by atoms with van der Waals surface area (Å²) in [6, 6.07) is 0.195. The summed E-state index contributed by atoms with van der Waals surface area (Å²) in [4.78, 5) is 11.3. The monoisotopic (exact) mass is 265 g/mol. The number of carboxylic acid groups (broad SMARTS) is 1. The molecule has 0 saturated carbocycles. The van der Waals surface area contributed by atoms with E-state index in [-0.39, 0.29) is 11.6 Å². The summed E-state index contributed by atoms with van der Waals surface area (Å²) in [6.45, 7) is 7.73. The van der Waals surface area contributed by atoms with Gasteiger partial charge < -0.3 is 10.4 Å². The molecule has 0 aliphatic rings. The predicted molar refractivity (Wildman–Crippen MR) is 75.7 cm³/mol. The van der Waals surface area contributed by atoms with E-state index >= 15 is 0 Å². The molecule has 1 unspecified atom stereocenters. The molecule has 1 atom stereocenters. The molecule has 0 saturated heterocycles. The first-order chi connectivity index (χ1) is 8.97. The van der Waals surface area contributed by atoms with Gasteiger partial charge in [-0.1, -0.05) is 26.2 Å². The number of hydrogen-bond donors (Lipinski definition) is 2. The minimum absolute atomic E-state index is 0.195. The molecule has 2 N–H and O–H groups in total. The lowest BCUT2D eigenvalue weighted by molar-refractivity contribution is 0.0696. The molecule has 19 heavy (non-hydrogen) atoms. The number of carbonyl (C=O) groups is 1. The van der Waals surface area contributed by atoms with Gasteiger partial charge in [-0.25, -0.2) is 4.79 Å². The SMILES string of the molecule is CCCCCC(C)Nc1nnc(C)c(C)c1C(=O)O. The Bertz CT molecular complexity index is 447. The summed E-state index contributed by atoms with van der Waals surface area (Å²) >= 11 is 0. The molecule has 5 nitrogen and oxygen atoms in total. The molecular formula is C14H23N3O2. The molecule has 1 rings (SSSR count). The molecule has 1 heterocycles. The van der Waals surface area contributed by atoms with Gasteiger partial charge in [-0.15, -0.1) is 5.10 Å². The Balaban J connectivity index is 2.83. The van der Waals surface area contributed by atoms with Crippen LogP contribution in [0.15, 0.2) is 0 Å². The molecule has 0 aromatic carbocycles. The molecular weight excluding hydrogens is 242 g/mol. The van der Waals surface area contributed by atoms with Crippen molar-refractivity contribution in [3.8, 4) is 0 Å². The van der Waals surface area contributed by atoms with Crippen molar-refractivity contribution in [1.82, 2.24) is 10.2 Å². The largest absolute Gasteiger partial charge is 0.478 e. The highest BCUT2D eigenvalue weighted by molar-refractivity contribution is 5.94. The van der Waals surface area contributed by atoms with Gasteiger partial charge in [0, 0.05) is 6.04 Å². The molecule has 0 aliphatic heterocycles. The Kier molecular flexibility index (Phi) is 5.73. The summed E-state index contributed by atoms with van der Waals surface area (Å²) in [6.07, 6.45) is 4.50. The molecule has 0 bridgehead atoms. The quantitative estimate of drug-likeness (QED) is 0.741. The number of unbranched alkanes of at least 4 members (excludes halogenated alkanes) is 2. The first-order valence-electron chi connectivity index (χ1n) is 6.81. The van der Waals surface area contributed by atoms with Crippen LogP contribution >= 0.6 is 0 Å². The molecule has 0 spiro atoms. The van der Waals surface area contributed by atoms with E-state index in [4.69, 9.17) is 0 Å². The van der Waals surface area contributed by atoms with Gasteiger partial charge in [-0.2, -0.15) is 5.10 Å². The zero-order valence-electron chi connectivity index (χ0n) is 12.2. The van der Waals surface area contributed by atoms with Gasteiger partial charge in [-0.3, -0.25) is 0 Å². The van der Waals surface area contributed by atoms with E-state index in [0.29, 0.717) is 17.1 Å². The van der Waals surface area contributed by atoms with Crippen LogP contribution in [0.2, 0.25) is 0 Å². The van der Waals surface area contributed by atoms with Gasteiger partial charge >= 0.3 is 5.97 Å². The van der Waals surface area contributed by atoms with Gasteiger partial charge in [0.05, 0.1) is 5.69 Å². The summed E-state index contributed by atoms with van der Waals surface area (Å²) < 4.78 is 0. The van der Waals surface area contributed by atoms with Crippen molar-refractivity contribution in [3.05, 3.63) is 16.8 Å². The Hall–Kier alpha value is -1.65. The molecule has 1 aromatic heterocycles. The smallest absolute Gasteiger partial charge is 0.339 e. The molecule has 0 fully saturated rings. The van der Waals surface area contributed by atoms with E-state index in [1.165, 1.54) is 12.8 Å². The average molecular weight is 265 g/mol. The van der Waals surface area contributed by atoms with Crippen molar-refractivity contribution in [3.63, 3.8) is 0 Å². The minimum atomic E-state index is -0.959. The fourth-order valence-corrected chi connectivity index (χ4v) is 1.98. The molecule has 1 aromatic rings. The number of aromatic carboxylic acids is 1. The third-order valence-corrected chi connectivity index (χ3v) is 3.29. The van der Waals surface area contributed by atoms with Gasteiger partial charge in [-0.05, 0) is 32.8 Å². The fraction of sp³-hybridized carbons (Fsp3) is 0.643. The lowest BCUT2D eigenvalue weighted by Gasteiger charge is -2.16. The van der Waals surface area contributed by atoms with Crippen molar-refractivity contribution in [1.29, 1.82) is 0 Å². The van der Waals surface area contributed by atoms with E-state index in [0.717, 1.165) is 12.8 Å². The van der Waals surface area contributed by atoms with Crippen molar-refractivity contribution in [2.45, 2.75) is 59.4 Å². The summed E-state index contributed by atoms with van der Waals surface area (Å²) in [7, 11) is 0. The lowest BCUT2D eigenvalue weighted by Crippen LogP contribution is -2.20. The number of aromatic nitrogens is 2. The lowest BCUT2D eigenvalue weighted by atomic mass is 10.1. The third-order valence-electron chi connectivity index (χ3n) is 3.29. The second kappa shape index (κ2) is 7.07. The Labute approximate surface area is 114 Å². The predicted octanol–water partition coefficient (Wildman–Crippen LogP) is 3.17. The first-order valence-corrected chi connectivity index (χ1v) is 6.81. The van der Waals surface area contributed by atoms with Gasteiger partial charge in [0.15, 0.2) is 5.82 Å². The van der Waals surface area contributed by atoms with Crippen molar-refractivity contribution in [2.75, 3.05) is 5.32 Å². The van der Waals surface area contributed by atoms with E-state index < -0.39 is 5.97 Å². The number of rotatable bonds is 7. The Morgan fingerprint density at radius 3 is 2.58 bits per heavy atom. The summed E-state index contributed by atoms with van der Waals surface area (Å²) in [5, 5.41) is 20.4. The third kappa shape index (κ3) is 4.19. The van der Waals surface area contributed by atoms with Crippen LogP contribution in [0.3, 0.4) is 0 Å². The maximum absolute atomic E-state index is 11.3. The second-order valence-corrected chi connectivity index (χ2v) is 4.98. The van der Waals surface area contributed by atoms with Crippen LogP contribution in [-0.4, -0.2) is 27.3 Å². The topological polar surface area (TPSA) is 75.1 Å². The zero-order valence-corrected chi connectivity index (χ0v) is 12.2. The second-order valence-electron chi connectivity index (χ2n) is 4.98. The average Bonchev–Trinajstić information content (AvgIpc) is 2.34. The molecule has 5 heteroatoms. The molecule has 106 valence electrons. The van der Waals surface area contributed by atoms with Crippen molar-refractivity contribution in [2.24, 2.45) is 0 Å². The van der Waals surface area contributed by atoms with Crippen molar-refractivity contribution < 1.29 is 9.90 Å². The number of aryl methyl sites for hydroxylation is 1. The highest BCUT2D eigenvalue weighted by Gasteiger charge is 2.18. The summed E-state index contributed by atoms with van der Waals surface area (Å²) in [5.74, 6) is -0.585. The van der Waals surface area contributed by atoms with E-state index in [2.05, 4.69) is 22.4 Å². The van der Waals surface area contributed by atoms with Crippen LogP contribution in [-0.2, 0) is 0 Å². The maximum Gasteiger partial charge on any atom is 0.339 e. The van der Waals surface area contributed by atoms with Crippen LogP contribution in [0.5, 0.6) is 0 Å². The van der Waals surface area contributed by atoms with E-state index in [1.807, 2.05) is 6.92 Å². The summed E-state index contributed by atoms with van der Waals surface area (Å²) in [5.41, 5.74) is 1.56. The van der Waals surface area contributed by atoms with Gasteiger partial charge in [0.1, 0.15) is 5.56 Å². The van der Waals surface area contributed by atoms with Crippen LogP contribution in [0, 0.1) is 13.8 Å². The minimum Gasteiger partial charge on any atom is -0.478 e. The van der Waals surface area contributed by atoms with Gasteiger partial charge in [0.25, 0.3) is 0 Å². The van der Waals surface area contributed by atoms with Crippen LogP contribution < -0.4 is 5.32 Å². The van der Waals surface area contributed by atoms with Gasteiger partial charge in [0.2, 0.25) is 0 Å². The number of carboxylic acids is 1. The van der Waals surface area contributed by atoms with Crippen molar-refractivity contribution >= 4 is 11.8 Å². The molecule has 0 radical (unpaired) electrons. The van der Waals surface area contributed by atoms with E-state index in [9.17, 15) is 9.90 Å². The first kappa shape index (κ1) is 15.4.